The van der Waals surface area contributed by atoms with Gasteiger partial charge in [-0.05, 0) is 30.7 Å². The Bertz CT molecular complexity index is 422. The first-order valence-electron chi connectivity index (χ1n) is 5.23. The molecule has 0 aliphatic rings. The molecule has 3 nitrogen and oxygen atoms in total. The normalized spacial score (nSPS) is 12.6. The molecule has 0 bridgehead atoms. The molecule has 0 saturated carbocycles. The van der Waals surface area contributed by atoms with Crippen molar-refractivity contribution in [2.45, 2.75) is 19.5 Å². The Balaban J connectivity index is 1.90. The molecule has 1 aromatic carbocycles. The number of aromatic amines is 1. The topological polar surface area (TPSA) is 40.7 Å². The van der Waals surface area contributed by atoms with E-state index >= 15 is 0 Å². The van der Waals surface area contributed by atoms with Gasteiger partial charge in [0.2, 0.25) is 0 Å². The number of H-pyrrole nitrogens is 1. The van der Waals surface area contributed by atoms with Crippen LogP contribution in [0.3, 0.4) is 0 Å². The zero-order valence-electron chi connectivity index (χ0n) is 9.07. The molecule has 0 radical (unpaired) electrons. The minimum atomic E-state index is -0.203. The largest absolute Gasteiger partial charge is 0.305 e. The lowest BCUT2D eigenvalue weighted by Gasteiger charge is -2.11. The van der Waals surface area contributed by atoms with Crippen LogP contribution in [0.5, 0.6) is 0 Å². The van der Waals surface area contributed by atoms with Crippen molar-refractivity contribution in [1.29, 1.82) is 0 Å². The number of aromatic nitrogens is 2. The van der Waals surface area contributed by atoms with Gasteiger partial charge in [0.25, 0.3) is 0 Å². The summed E-state index contributed by atoms with van der Waals surface area (Å²) in [6.45, 7) is 2.76. The van der Waals surface area contributed by atoms with Gasteiger partial charge in [0, 0.05) is 18.8 Å². The maximum absolute atomic E-state index is 12.7. The fourth-order valence-corrected chi connectivity index (χ4v) is 1.49. The summed E-state index contributed by atoms with van der Waals surface area (Å²) in [7, 11) is 0. The van der Waals surface area contributed by atoms with E-state index in [0.717, 1.165) is 11.3 Å². The molecule has 0 aliphatic heterocycles. The standard InChI is InChI=1S/C12H14FN3/c1-9(12-6-7-15-16-12)14-8-10-2-4-11(13)5-3-10/h2-7,9,14H,8H2,1H3,(H,15,16). The van der Waals surface area contributed by atoms with Crippen LogP contribution in [0.25, 0.3) is 0 Å². The lowest BCUT2D eigenvalue weighted by molar-refractivity contribution is 0.559. The molecule has 16 heavy (non-hydrogen) atoms. The number of hydrogen-bond donors (Lipinski definition) is 2. The molecule has 1 unspecified atom stereocenters. The third-order valence-electron chi connectivity index (χ3n) is 2.51. The molecule has 2 rings (SSSR count). The van der Waals surface area contributed by atoms with Crippen molar-refractivity contribution in [3.63, 3.8) is 0 Å². The fourth-order valence-electron chi connectivity index (χ4n) is 1.49. The van der Waals surface area contributed by atoms with Crippen LogP contribution in [-0.2, 0) is 6.54 Å². The van der Waals surface area contributed by atoms with Gasteiger partial charge in [-0.1, -0.05) is 12.1 Å². The highest BCUT2D eigenvalue weighted by Crippen LogP contribution is 2.09. The quantitative estimate of drug-likeness (QED) is 0.829. The van der Waals surface area contributed by atoms with Gasteiger partial charge in [0.15, 0.2) is 0 Å². The van der Waals surface area contributed by atoms with Crippen molar-refractivity contribution in [3.05, 3.63) is 53.6 Å². The van der Waals surface area contributed by atoms with Crippen LogP contribution < -0.4 is 5.32 Å². The predicted molar refractivity (Wildman–Crippen MR) is 60.2 cm³/mol. The van der Waals surface area contributed by atoms with Crippen LogP contribution >= 0.6 is 0 Å². The molecule has 0 saturated heterocycles. The fraction of sp³-hybridized carbons (Fsp3) is 0.250. The minimum Gasteiger partial charge on any atom is -0.305 e. The maximum atomic E-state index is 12.7. The molecule has 4 heteroatoms. The van der Waals surface area contributed by atoms with E-state index in [-0.39, 0.29) is 11.9 Å². The molecule has 0 amide bonds. The number of nitrogens with one attached hydrogen (secondary N) is 2. The van der Waals surface area contributed by atoms with E-state index in [4.69, 9.17) is 0 Å². The number of rotatable bonds is 4. The number of benzene rings is 1. The Hall–Kier alpha value is -1.68. The van der Waals surface area contributed by atoms with Crippen LogP contribution in [0.4, 0.5) is 4.39 Å². The zero-order chi connectivity index (χ0) is 11.4. The summed E-state index contributed by atoms with van der Waals surface area (Å²) in [4.78, 5) is 0. The SMILES string of the molecule is CC(NCc1ccc(F)cc1)c1ccn[nH]1. The summed E-state index contributed by atoms with van der Waals surface area (Å²) < 4.78 is 12.7. The van der Waals surface area contributed by atoms with Gasteiger partial charge in [0.1, 0.15) is 5.82 Å². The van der Waals surface area contributed by atoms with E-state index in [2.05, 4.69) is 22.4 Å². The summed E-state index contributed by atoms with van der Waals surface area (Å²) in [5.74, 6) is -0.203. The van der Waals surface area contributed by atoms with Crippen LogP contribution in [0, 0.1) is 5.82 Å². The van der Waals surface area contributed by atoms with Crippen molar-refractivity contribution >= 4 is 0 Å². The monoisotopic (exact) mass is 219 g/mol. The van der Waals surface area contributed by atoms with E-state index in [9.17, 15) is 4.39 Å². The van der Waals surface area contributed by atoms with Gasteiger partial charge < -0.3 is 5.32 Å². The van der Waals surface area contributed by atoms with E-state index in [0.29, 0.717) is 6.54 Å². The smallest absolute Gasteiger partial charge is 0.123 e. The molecule has 0 aliphatic carbocycles. The number of nitrogens with zero attached hydrogens (tertiary/aromatic N) is 1. The molecule has 0 spiro atoms. The highest BCUT2D eigenvalue weighted by molar-refractivity contribution is 5.16. The summed E-state index contributed by atoms with van der Waals surface area (Å²) in [6.07, 6.45) is 1.73. The molecule has 1 atom stereocenters. The van der Waals surface area contributed by atoms with Crippen molar-refractivity contribution in [3.8, 4) is 0 Å². The molecule has 1 heterocycles. The summed E-state index contributed by atoms with van der Waals surface area (Å²) in [6, 6.07) is 8.63. The second-order valence-electron chi connectivity index (χ2n) is 3.74. The first-order chi connectivity index (χ1) is 7.75. The van der Waals surface area contributed by atoms with Gasteiger partial charge in [-0.3, -0.25) is 5.10 Å². The number of hydrogen-bond acceptors (Lipinski definition) is 2. The summed E-state index contributed by atoms with van der Waals surface area (Å²) in [5, 5.41) is 10.1. The Kier molecular flexibility index (Phi) is 3.31. The molecule has 2 aromatic rings. The third kappa shape index (κ3) is 2.67. The second kappa shape index (κ2) is 4.90. The Labute approximate surface area is 93.7 Å². The molecular formula is C12H14FN3. The predicted octanol–water partition coefficient (Wildman–Crippen LogP) is 2.40. The average molecular weight is 219 g/mol. The van der Waals surface area contributed by atoms with Gasteiger partial charge in [-0.25, -0.2) is 4.39 Å². The van der Waals surface area contributed by atoms with Crippen LogP contribution in [0.1, 0.15) is 24.2 Å². The minimum absolute atomic E-state index is 0.201. The highest BCUT2D eigenvalue weighted by Gasteiger charge is 2.05. The van der Waals surface area contributed by atoms with Crippen LogP contribution in [0.15, 0.2) is 36.5 Å². The average Bonchev–Trinajstić information content (AvgIpc) is 2.81. The Morgan fingerprint density at radius 3 is 2.69 bits per heavy atom. The third-order valence-corrected chi connectivity index (χ3v) is 2.51. The Morgan fingerprint density at radius 1 is 1.31 bits per heavy atom. The second-order valence-corrected chi connectivity index (χ2v) is 3.74. The van der Waals surface area contributed by atoms with Gasteiger partial charge >= 0.3 is 0 Å². The van der Waals surface area contributed by atoms with Gasteiger partial charge in [-0.15, -0.1) is 0 Å². The van der Waals surface area contributed by atoms with Crippen molar-refractivity contribution in [1.82, 2.24) is 15.5 Å². The summed E-state index contributed by atoms with van der Waals surface area (Å²) >= 11 is 0. The van der Waals surface area contributed by atoms with E-state index in [1.54, 1.807) is 18.3 Å². The lowest BCUT2D eigenvalue weighted by Crippen LogP contribution is -2.18. The van der Waals surface area contributed by atoms with Crippen LogP contribution in [-0.4, -0.2) is 10.2 Å². The zero-order valence-corrected chi connectivity index (χ0v) is 9.07. The molecular weight excluding hydrogens is 205 g/mol. The van der Waals surface area contributed by atoms with Gasteiger partial charge in [-0.2, -0.15) is 5.10 Å². The summed E-state index contributed by atoms with van der Waals surface area (Å²) in [5.41, 5.74) is 2.11. The molecule has 2 N–H and O–H groups in total. The highest BCUT2D eigenvalue weighted by atomic mass is 19.1. The van der Waals surface area contributed by atoms with Crippen LogP contribution in [0.2, 0.25) is 0 Å². The first kappa shape index (κ1) is 10.8. The maximum Gasteiger partial charge on any atom is 0.123 e. The van der Waals surface area contributed by atoms with E-state index in [1.807, 2.05) is 6.07 Å². The van der Waals surface area contributed by atoms with E-state index < -0.39 is 0 Å². The van der Waals surface area contributed by atoms with Crippen molar-refractivity contribution < 1.29 is 4.39 Å². The number of halogens is 1. The van der Waals surface area contributed by atoms with E-state index in [1.165, 1.54) is 12.1 Å². The van der Waals surface area contributed by atoms with Crippen molar-refractivity contribution in [2.75, 3.05) is 0 Å². The lowest BCUT2D eigenvalue weighted by atomic mass is 10.2. The van der Waals surface area contributed by atoms with Gasteiger partial charge in [0.05, 0.1) is 5.69 Å². The molecule has 84 valence electrons. The molecule has 1 aromatic heterocycles. The molecule has 0 fully saturated rings. The first-order valence-corrected chi connectivity index (χ1v) is 5.23. The van der Waals surface area contributed by atoms with Crippen molar-refractivity contribution in [2.24, 2.45) is 0 Å². The Morgan fingerprint density at radius 2 is 2.06 bits per heavy atom.